The van der Waals surface area contributed by atoms with Crippen molar-refractivity contribution in [2.45, 2.75) is 25.1 Å². The van der Waals surface area contributed by atoms with Gasteiger partial charge in [-0.25, -0.2) is 9.09 Å². The van der Waals surface area contributed by atoms with E-state index in [1.807, 2.05) is 105 Å². The van der Waals surface area contributed by atoms with Gasteiger partial charge in [-0.15, -0.1) is 0 Å². The van der Waals surface area contributed by atoms with E-state index in [9.17, 15) is 14.4 Å². The second kappa shape index (κ2) is 11.4. The van der Waals surface area contributed by atoms with Gasteiger partial charge in [0.1, 0.15) is 11.8 Å². The summed E-state index contributed by atoms with van der Waals surface area (Å²) in [5, 5.41) is 2.17. The third kappa shape index (κ3) is 6.61. The lowest BCUT2D eigenvalue weighted by atomic mass is 9.98. The first kappa shape index (κ1) is 26.1. The van der Waals surface area contributed by atoms with Crippen LogP contribution in [0, 0.1) is 0 Å². The fraction of sp³-hybridized carbons (Fsp3) is 0.241. The molecule has 0 amide bonds. The predicted octanol–water partition coefficient (Wildman–Crippen LogP) is 6.10. The summed E-state index contributed by atoms with van der Waals surface area (Å²) in [7, 11) is -0.820. The number of phosphoric ester groups is 1. The van der Waals surface area contributed by atoms with Gasteiger partial charge in [0, 0.05) is 17.4 Å². The van der Waals surface area contributed by atoms with Crippen molar-refractivity contribution in [1.29, 1.82) is 0 Å². The van der Waals surface area contributed by atoms with E-state index in [-0.39, 0.29) is 10.5 Å². The largest absolute Gasteiger partial charge is 0.493 e. The predicted molar refractivity (Wildman–Crippen MR) is 142 cm³/mol. The van der Waals surface area contributed by atoms with Crippen LogP contribution in [-0.4, -0.2) is 41.2 Å². The third-order valence-corrected chi connectivity index (χ3v) is 7.16. The number of nitrogens with zero attached hydrogens (tertiary/aromatic N) is 1. The minimum absolute atomic E-state index is 0.138. The average molecular weight is 507 g/mol. The summed E-state index contributed by atoms with van der Waals surface area (Å²) in [5.74, 6) is 0.817. The Morgan fingerprint density at radius 2 is 1.42 bits per heavy atom. The zero-order valence-corrected chi connectivity index (χ0v) is 21.5. The number of rotatable bonds is 11. The summed E-state index contributed by atoms with van der Waals surface area (Å²) in [4.78, 5) is 19.5. The van der Waals surface area contributed by atoms with Gasteiger partial charge in [-0.05, 0) is 17.0 Å². The lowest BCUT2D eigenvalue weighted by molar-refractivity contribution is -0.962. The van der Waals surface area contributed by atoms with Gasteiger partial charge in [0.25, 0.3) is 0 Å². The maximum atomic E-state index is 12.0. The van der Waals surface area contributed by atoms with E-state index in [1.54, 1.807) is 0 Å². The van der Waals surface area contributed by atoms with Crippen LogP contribution in [0.5, 0.6) is 5.75 Å². The van der Waals surface area contributed by atoms with Gasteiger partial charge in [-0.2, -0.15) is 0 Å². The van der Waals surface area contributed by atoms with Gasteiger partial charge in [0.15, 0.2) is 0 Å². The molecule has 4 aromatic rings. The fourth-order valence-corrected chi connectivity index (χ4v) is 5.36. The van der Waals surface area contributed by atoms with E-state index >= 15 is 0 Å². The SMILES string of the molecule is C[N+](C)(C(CCOc1cccc2ccccc12)c1ccccc1)[C@H](Cc1ccccc1)OP(=O)(O)O. The smallest absolute Gasteiger partial charge is 0.474 e. The van der Waals surface area contributed by atoms with Crippen molar-refractivity contribution < 1.29 is 28.1 Å². The number of ether oxygens (including phenoxy) is 1. The lowest BCUT2D eigenvalue weighted by Gasteiger charge is -2.43. The summed E-state index contributed by atoms with van der Waals surface area (Å²) in [5.41, 5.74) is 2.00. The van der Waals surface area contributed by atoms with E-state index < -0.39 is 14.1 Å². The van der Waals surface area contributed by atoms with Crippen molar-refractivity contribution >= 4 is 18.6 Å². The molecule has 0 aliphatic heterocycles. The van der Waals surface area contributed by atoms with E-state index in [4.69, 9.17) is 9.26 Å². The van der Waals surface area contributed by atoms with Gasteiger partial charge in [-0.3, -0.25) is 4.48 Å². The Morgan fingerprint density at radius 3 is 2.11 bits per heavy atom. The standard InChI is InChI=1S/C29H32NO5P/c1-30(2,29(35-36(31,32)33)22-23-12-5-3-6-13-23)27(25-15-7-4-8-16-25)20-21-34-28-19-11-17-24-14-9-10-18-26(24)28/h3-19,27,29H,20-22H2,1-2H3,(H-,31,32,33)/p+1/t27?,29-/m0/s1. The number of fused-ring (bicyclic) bond motifs is 1. The number of likely N-dealkylation sites (N-methyl/N-ethyl adjacent to an activating group) is 1. The molecular formula is C29H33NO5P+. The molecule has 6 nitrogen and oxygen atoms in total. The Hall–Kier alpha value is -2.99. The van der Waals surface area contributed by atoms with E-state index in [1.165, 1.54) is 0 Å². The van der Waals surface area contributed by atoms with Crippen molar-refractivity contribution in [1.82, 2.24) is 0 Å². The molecule has 0 aliphatic rings. The van der Waals surface area contributed by atoms with Gasteiger partial charge >= 0.3 is 7.82 Å². The first-order valence-electron chi connectivity index (χ1n) is 12.0. The molecule has 2 atom stereocenters. The summed E-state index contributed by atoms with van der Waals surface area (Å²) in [6.07, 6.45) is 0.193. The second-order valence-corrected chi connectivity index (χ2v) is 10.6. The van der Waals surface area contributed by atoms with Crippen LogP contribution >= 0.6 is 7.82 Å². The van der Waals surface area contributed by atoms with Crippen molar-refractivity contribution in [2.75, 3.05) is 20.7 Å². The molecule has 36 heavy (non-hydrogen) atoms. The Balaban J connectivity index is 1.61. The lowest BCUT2D eigenvalue weighted by Crippen LogP contribution is -2.53. The van der Waals surface area contributed by atoms with Gasteiger partial charge in [0.2, 0.25) is 6.23 Å². The Labute approximate surface area is 212 Å². The van der Waals surface area contributed by atoms with Gasteiger partial charge < -0.3 is 14.5 Å². The number of hydrogen-bond acceptors (Lipinski definition) is 3. The highest BCUT2D eigenvalue weighted by Crippen LogP contribution is 2.43. The van der Waals surface area contributed by atoms with Crippen LogP contribution in [0.3, 0.4) is 0 Å². The topological polar surface area (TPSA) is 76.0 Å². The maximum Gasteiger partial charge on any atom is 0.474 e. The fourth-order valence-electron chi connectivity index (χ4n) is 4.73. The normalized spacial score (nSPS) is 13.9. The molecule has 0 aromatic heterocycles. The van der Waals surface area contributed by atoms with Crippen LogP contribution in [0.15, 0.2) is 103 Å². The molecule has 0 bridgehead atoms. The van der Waals surface area contributed by atoms with E-state index in [2.05, 4.69) is 12.1 Å². The van der Waals surface area contributed by atoms with Crippen LogP contribution < -0.4 is 4.74 Å². The molecule has 0 spiro atoms. The summed E-state index contributed by atoms with van der Waals surface area (Å²) >= 11 is 0. The van der Waals surface area contributed by atoms with Crippen LogP contribution in [0.2, 0.25) is 0 Å². The number of phosphoric acid groups is 1. The zero-order chi connectivity index (χ0) is 25.6. The van der Waals surface area contributed by atoms with E-state index in [0.29, 0.717) is 19.4 Å². The third-order valence-electron chi connectivity index (χ3n) is 6.64. The molecule has 0 radical (unpaired) electrons. The molecule has 4 rings (SSSR count). The van der Waals surface area contributed by atoms with Crippen molar-refractivity contribution in [2.24, 2.45) is 0 Å². The zero-order valence-electron chi connectivity index (χ0n) is 20.6. The second-order valence-electron chi connectivity index (χ2n) is 9.41. The van der Waals surface area contributed by atoms with Crippen LogP contribution in [0.25, 0.3) is 10.8 Å². The molecule has 0 heterocycles. The first-order chi connectivity index (χ1) is 17.2. The Kier molecular flexibility index (Phi) is 8.24. The quantitative estimate of drug-likeness (QED) is 0.146. The van der Waals surface area contributed by atoms with Crippen LogP contribution in [0.4, 0.5) is 0 Å². The molecule has 0 saturated carbocycles. The molecule has 4 aromatic carbocycles. The Bertz CT molecular complexity index is 1300. The van der Waals surface area contributed by atoms with Crippen molar-refractivity contribution in [3.8, 4) is 5.75 Å². The highest BCUT2D eigenvalue weighted by atomic mass is 31.2. The summed E-state index contributed by atoms with van der Waals surface area (Å²) < 4.78 is 23.9. The van der Waals surface area contributed by atoms with Crippen molar-refractivity contribution in [3.63, 3.8) is 0 Å². The summed E-state index contributed by atoms with van der Waals surface area (Å²) in [6, 6.07) is 33.6. The molecule has 1 unspecified atom stereocenters. The Morgan fingerprint density at radius 1 is 0.806 bits per heavy atom. The molecule has 0 saturated heterocycles. The molecule has 188 valence electrons. The highest BCUT2D eigenvalue weighted by Gasteiger charge is 2.41. The highest BCUT2D eigenvalue weighted by molar-refractivity contribution is 7.46. The monoisotopic (exact) mass is 506 g/mol. The minimum atomic E-state index is -4.73. The van der Waals surface area contributed by atoms with E-state index in [0.717, 1.165) is 27.6 Å². The molecular weight excluding hydrogens is 473 g/mol. The van der Waals surface area contributed by atoms with Gasteiger partial charge in [-0.1, -0.05) is 97.1 Å². The number of hydrogen-bond donors (Lipinski definition) is 2. The molecule has 0 aliphatic carbocycles. The van der Waals surface area contributed by atoms with Crippen molar-refractivity contribution in [3.05, 3.63) is 114 Å². The maximum absolute atomic E-state index is 12.0. The molecule has 2 N–H and O–H groups in total. The average Bonchev–Trinajstić information content (AvgIpc) is 2.86. The first-order valence-corrected chi connectivity index (χ1v) is 13.5. The van der Waals surface area contributed by atoms with Crippen LogP contribution in [0.1, 0.15) is 23.6 Å². The molecule has 7 heteroatoms. The van der Waals surface area contributed by atoms with Crippen LogP contribution in [-0.2, 0) is 15.5 Å². The number of benzene rings is 4. The minimum Gasteiger partial charge on any atom is -0.493 e. The number of quaternary nitrogens is 1. The molecule has 0 fully saturated rings. The van der Waals surface area contributed by atoms with Gasteiger partial charge in [0.05, 0.1) is 27.1 Å². The summed E-state index contributed by atoms with van der Waals surface area (Å²) in [6.45, 7) is 0.434.